The number of hydrogen-bond donors (Lipinski definition) is 1. The zero-order valence-corrected chi connectivity index (χ0v) is 9.85. The quantitative estimate of drug-likeness (QED) is 0.752. The van der Waals surface area contributed by atoms with E-state index in [1.54, 1.807) is 0 Å². The molecule has 0 bridgehead atoms. The highest BCUT2D eigenvalue weighted by Gasteiger charge is 1.99. The maximum absolute atomic E-state index is 8.03. The van der Waals surface area contributed by atoms with Crippen LogP contribution in [0.3, 0.4) is 0 Å². The summed E-state index contributed by atoms with van der Waals surface area (Å²) in [5.41, 5.74) is 3.77. The van der Waals surface area contributed by atoms with Gasteiger partial charge in [0.05, 0.1) is 5.71 Å². The summed E-state index contributed by atoms with van der Waals surface area (Å²) in [6.07, 6.45) is 1.91. The minimum atomic E-state index is 0.548. The Balaban J connectivity index is 2.24. The molecule has 0 radical (unpaired) electrons. The summed E-state index contributed by atoms with van der Waals surface area (Å²) in [7, 11) is 0. The van der Waals surface area contributed by atoms with Crippen LogP contribution in [0.15, 0.2) is 66.7 Å². The molecule has 0 fully saturated rings. The van der Waals surface area contributed by atoms with Crippen LogP contribution in [0.1, 0.15) is 18.1 Å². The second kappa shape index (κ2) is 5.26. The highest BCUT2D eigenvalue weighted by atomic mass is 14.4. The van der Waals surface area contributed by atoms with Gasteiger partial charge in [0.25, 0.3) is 0 Å². The van der Waals surface area contributed by atoms with E-state index >= 15 is 0 Å². The molecule has 17 heavy (non-hydrogen) atoms. The molecule has 1 heteroatoms. The first-order valence-electron chi connectivity index (χ1n) is 5.65. The van der Waals surface area contributed by atoms with Crippen LogP contribution in [0.5, 0.6) is 0 Å². The van der Waals surface area contributed by atoms with Crippen LogP contribution in [-0.4, -0.2) is 5.71 Å². The van der Waals surface area contributed by atoms with Crippen LogP contribution >= 0.6 is 0 Å². The number of rotatable bonds is 3. The molecule has 0 heterocycles. The Hall–Kier alpha value is -2.15. The minimum Gasteiger partial charge on any atom is -0.300 e. The van der Waals surface area contributed by atoms with Crippen molar-refractivity contribution in [1.29, 1.82) is 5.41 Å². The lowest BCUT2D eigenvalue weighted by Gasteiger charge is -2.03. The number of hydrogen-bond acceptors (Lipinski definition) is 1. The van der Waals surface area contributed by atoms with Crippen molar-refractivity contribution in [2.75, 3.05) is 0 Å². The fraction of sp³-hybridized carbons (Fsp3) is 0.0625. The molecule has 1 N–H and O–H groups in total. The van der Waals surface area contributed by atoms with Crippen LogP contribution in [0.2, 0.25) is 0 Å². The Morgan fingerprint density at radius 2 is 1.29 bits per heavy atom. The first-order valence-corrected chi connectivity index (χ1v) is 5.65. The lowest BCUT2D eigenvalue weighted by atomic mass is 10.0. The summed E-state index contributed by atoms with van der Waals surface area (Å²) >= 11 is 0. The number of nitrogens with one attached hydrogen (secondary N) is 1. The van der Waals surface area contributed by atoms with Crippen LogP contribution < -0.4 is 0 Å². The molecule has 0 amide bonds. The molecule has 84 valence electrons. The van der Waals surface area contributed by atoms with Gasteiger partial charge in [0.15, 0.2) is 0 Å². The van der Waals surface area contributed by atoms with Gasteiger partial charge in [-0.05, 0) is 29.7 Å². The third-order valence-electron chi connectivity index (χ3n) is 2.67. The van der Waals surface area contributed by atoms with Gasteiger partial charge in [-0.3, -0.25) is 0 Å². The second-order valence-electron chi connectivity index (χ2n) is 3.97. The topological polar surface area (TPSA) is 23.9 Å². The molecular formula is C16H15N. The van der Waals surface area contributed by atoms with E-state index in [-0.39, 0.29) is 0 Å². The molecule has 0 unspecified atom stereocenters. The smallest absolute Gasteiger partial charge is 0.0615 e. The fourth-order valence-electron chi connectivity index (χ4n) is 1.70. The Morgan fingerprint density at radius 3 is 1.82 bits per heavy atom. The maximum atomic E-state index is 8.03. The minimum absolute atomic E-state index is 0.548. The molecule has 2 aromatic rings. The molecule has 0 aliphatic heterocycles. The monoisotopic (exact) mass is 221 g/mol. The molecule has 0 saturated heterocycles. The van der Waals surface area contributed by atoms with Crippen molar-refractivity contribution in [3.63, 3.8) is 0 Å². The van der Waals surface area contributed by atoms with Gasteiger partial charge < -0.3 is 5.41 Å². The van der Waals surface area contributed by atoms with Gasteiger partial charge in [0.2, 0.25) is 0 Å². The van der Waals surface area contributed by atoms with Gasteiger partial charge in [-0.15, -0.1) is 0 Å². The van der Waals surface area contributed by atoms with E-state index in [2.05, 4.69) is 12.1 Å². The largest absolute Gasteiger partial charge is 0.300 e. The van der Waals surface area contributed by atoms with Gasteiger partial charge in [-0.25, -0.2) is 0 Å². The molecule has 2 rings (SSSR count). The van der Waals surface area contributed by atoms with E-state index in [4.69, 9.17) is 5.41 Å². The number of allylic oxidation sites excluding steroid dienone is 2. The van der Waals surface area contributed by atoms with E-state index in [1.807, 2.05) is 61.5 Å². The molecule has 2 aromatic carbocycles. The predicted octanol–water partition coefficient (Wildman–Crippen LogP) is 4.16. The maximum Gasteiger partial charge on any atom is 0.0615 e. The molecule has 0 aliphatic rings. The molecule has 0 saturated carbocycles. The van der Waals surface area contributed by atoms with Gasteiger partial charge in [0.1, 0.15) is 0 Å². The molecule has 0 aromatic heterocycles. The van der Waals surface area contributed by atoms with E-state index in [9.17, 15) is 0 Å². The molecule has 0 aliphatic carbocycles. The van der Waals surface area contributed by atoms with Crippen molar-refractivity contribution in [3.8, 4) is 0 Å². The molecule has 0 spiro atoms. The molecular weight excluding hydrogens is 206 g/mol. The SMILES string of the molecule is C/C(=C\C(=N)c1ccccc1)c1ccccc1. The summed E-state index contributed by atoms with van der Waals surface area (Å²) in [6.45, 7) is 2.03. The van der Waals surface area contributed by atoms with Crippen LogP contribution in [0.25, 0.3) is 5.57 Å². The summed E-state index contributed by atoms with van der Waals surface area (Å²) in [5.74, 6) is 0. The zero-order chi connectivity index (χ0) is 12.1. The normalized spacial score (nSPS) is 11.2. The summed E-state index contributed by atoms with van der Waals surface area (Å²) in [4.78, 5) is 0. The average Bonchev–Trinajstić information content (AvgIpc) is 2.40. The fourth-order valence-corrected chi connectivity index (χ4v) is 1.70. The van der Waals surface area contributed by atoms with Crippen molar-refractivity contribution in [2.24, 2.45) is 0 Å². The van der Waals surface area contributed by atoms with Gasteiger partial charge in [0, 0.05) is 0 Å². The Bertz CT molecular complexity index is 524. The van der Waals surface area contributed by atoms with Crippen LogP contribution in [-0.2, 0) is 0 Å². The summed E-state index contributed by atoms with van der Waals surface area (Å²) in [5, 5.41) is 8.03. The predicted molar refractivity (Wildman–Crippen MR) is 73.4 cm³/mol. The van der Waals surface area contributed by atoms with E-state index < -0.39 is 0 Å². The van der Waals surface area contributed by atoms with Crippen molar-refractivity contribution < 1.29 is 0 Å². The first kappa shape index (κ1) is 11.3. The third kappa shape index (κ3) is 2.91. The second-order valence-corrected chi connectivity index (χ2v) is 3.97. The van der Waals surface area contributed by atoms with Crippen molar-refractivity contribution >= 4 is 11.3 Å². The van der Waals surface area contributed by atoms with Crippen LogP contribution in [0, 0.1) is 5.41 Å². The van der Waals surface area contributed by atoms with E-state index in [1.165, 1.54) is 0 Å². The summed E-state index contributed by atoms with van der Waals surface area (Å²) in [6, 6.07) is 19.9. The third-order valence-corrected chi connectivity index (χ3v) is 2.67. The Kier molecular flexibility index (Phi) is 3.51. The van der Waals surface area contributed by atoms with E-state index in [0.717, 1.165) is 16.7 Å². The Labute approximate surface area is 102 Å². The van der Waals surface area contributed by atoms with Gasteiger partial charge in [-0.1, -0.05) is 60.7 Å². The lowest BCUT2D eigenvalue weighted by molar-refractivity contribution is 1.48. The molecule has 0 atom stereocenters. The number of benzene rings is 2. The molecule has 1 nitrogen and oxygen atoms in total. The van der Waals surface area contributed by atoms with E-state index in [0.29, 0.717) is 5.71 Å². The van der Waals surface area contributed by atoms with Crippen molar-refractivity contribution in [2.45, 2.75) is 6.92 Å². The standard InChI is InChI=1S/C16H15N/c1-13(14-8-4-2-5-9-14)12-16(17)15-10-6-3-7-11-15/h2-12,17H,1H3/b13-12+,17-16?. The van der Waals surface area contributed by atoms with Gasteiger partial charge >= 0.3 is 0 Å². The Morgan fingerprint density at radius 1 is 0.824 bits per heavy atom. The van der Waals surface area contributed by atoms with Crippen molar-refractivity contribution in [1.82, 2.24) is 0 Å². The van der Waals surface area contributed by atoms with Crippen molar-refractivity contribution in [3.05, 3.63) is 77.9 Å². The first-order chi connectivity index (χ1) is 8.27. The van der Waals surface area contributed by atoms with Gasteiger partial charge in [-0.2, -0.15) is 0 Å². The van der Waals surface area contributed by atoms with Crippen LogP contribution in [0.4, 0.5) is 0 Å². The summed E-state index contributed by atoms with van der Waals surface area (Å²) < 4.78 is 0. The average molecular weight is 221 g/mol. The highest BCUT2D eigenvalue weighted by molar-refractivity contribution is 6.10. The zero-order valence-electron chi connectivity index (χ0n) is 9.85. The lowest BCUT2D eigenvalue weighted by Crippen LogP contribution is -1.94. The highest BCUT2D eigenvalue weighted by Crippen LogP contribution is 2.14.